The molecule has 1 saturated heterocycles. The maximum Gasteiger partial charge on any atom is 0.153 e. The molecule has 0 N–H and O–H groups in total. The van der Waals surface area contributed by atoms with Gasteiger partial charge in [-0.2, -0.15) is 0 Å². The van der Waals surface area contributed by atoms with E-state index in [9.17, 15) is 4.39 Å². The van der Waals surface area contributed by atoms with E-state index in [2.05, 4.69) is 40.1 Å². The molecule has 1 saturated carbocycles. The van der Waals surface area contributed by atoms with Gasteiger partial charge in [0, 0.05) is 43.5 Å². The lowest BCUT2D eigenvalue weighted by molar-refractivity contribution is 0.187. The SMILES string of the molecule is C=C1C2CN(C(C)C)CCN2c2ncc(F)cc2N1C1CC1. The van der Waals surface area contributed by atoms with Crippen LogP contribution in [0.15, 0.2) is 24.5 Å². The molecule has 1 atom stereocenters. The predicted molar refractivity (Wildman–Crippen MR) is 86.7 cm³/mol. The van der Waals surface area contributed by atoms with Crippen LogP contribution in [0.5, 0.6) is 0 Å². The van der Waals surface area contributed by atoms with Crippen molar-refractivity contribution in [3.8, 4) is 0 Å². The normalized spacial score (nSPS) is 25.5. The van der Waals surface area contributed by atoms with Gasteiger partial charge in [0.15, 0.2) is 5.82 Å². The number of fused-ring (bicyclic) bond motifs is 3. The number of rotatable bonds is 2. The van der Waals surface area contributed by atoms with E-state index in [1.807, 2.05) is 0 Å². The van der Waals surface area contributed by atoms with Gasteiger partial charge in [-0.25, -0.2) is 9.37 Å². The second-order valence-corrected chi connectivity index (χ2v) is 6.89. The standard InChI is InChI=1S/C17H23FN4/c1-11(2)20-6-7-21-16(10-20)12(3)22(14-4-5-14)15-8-13(18)9-19-17(15)21/h8-9,11,14,16H,3-7,10H2,1-2H3. The average molecular weight is 302 g/mol. The fourth-order valence-electron chi connectivity index (χ4n) is 3.71. The summed E-state index contributed by atoms with van der Waals surface area (Å²) in [5.41, 5.74) is 2.01. The van der Waals surface area contributed by atoms with Crippen LogP contribution in [-0.2, 0) is 0 Å². The summed E-state index contributed by atoms with van der Waals surface area (Å²) < 4.78 is 13.7. The summed E-state index contributed by atoms with van der Waals surface area (Å²) in [5, 5.41) is 0. The third-order valence-electron chi connectivity index (χ3n) is 5.09. The third kappa shape index (κ3) is 2.10. The van der Waals surface area contributed by atoms with Crippen LogP contribution in [0.25, 0.3) is 0 Å². The van der Waals surface area contributed by atoms with Crippen molar-refractivity contribution in [1.82, 2.24) is 9.88 Å². The lowest BCUT2D eigenvalue weighted by atomic mass is 10.0. The number of aromatic nitrogens is 1. The maximum atomic E-state index is 13.7. The molecule has 1 aromatic heterocycles. The Kier molecular flexibility index (Phi) is 3.15. The molecule has 3 heterocycles. The summed E-state index contributed by atoms with van der Waals surface area (Å²) in [4.78, 5) is 11.5. The maximum absolute atomic E-state index is 13.7. The molecule has 0 spiro atoms. The summed E-state index contributed by atoms with van der Waals surface area (Å²) in [6.07, 6.45) is 3.66. The van der Waals surface area contributed by atoms with Gasteiger partial charge in [-0.3, -0.25) is 4.90 Å². The van der Waals surface area contributed by atoms with Gasteiger partial charge in [0.25, 0.3) is 0 Å². The van der Waals surface area contributed by atoms with Gasteiger partial charge >= 0.3 is 0 Å². The summed E-state index contributed by atoms with van der Waals surface area (Å²) in [7, 11) is 0. The fourth-order valence-corrected chi connectivity index (χ4v) is 3.71. The van der Waals surface area contributed by atoms with E-state index < -0.39 is 0 Å². The number of halogens is 1. The van der Waals surface area contributed by atoms with Gasteiger partial charge in [0.05, 0.1) is 17.9 Å². The van der Waals surface area contributed by atoms with Crippen LogP contribution < -0.4 is 9.80 Å². The van der Waals surface area contributed by atoms with Gasteiger partial charge < -0.3 is 9.80 Å². The molecular weight excluding hydrogens is 279 g/mol. The van der Waals surface area contributed by atoms with Gasteiger partial charge in [0.2, 0.25) is 0 Å². The van der Waals surface area contributed by atoms with Crippen molar-refractivity contribution in [3.63, 3.8) is 0 Å². The van der Waals surface area contributed by atoms with Gasteiger partial charge in [-0.1, -0.05) is 6.58 Å². The number of anilines is 2. The molecule has 0 bridgehead atoms. The van der Waals surface area contributed by atoms with Crippen molar-refractivity contribution in [2.75, 3.05) is 29.4 Å². The first-order valence-electron chi connectivity index (χ1n) is 8.20. The van der Waals surface area contributed by atoms with Crippen molar-refractivity contribution in [2.24, 2.45) is 0 Å². The second kappa shape index (κ2) is 4.95. The van der Waals surface area contributed by atoms with Gasteiger partial charge in [-0.15, -0.1) is 0 Å². The van der Waals surface area contributed by atoms with E-state index in [1.54, 1.807) is 6.07 Å². The van der Waals surface area contributed by atoms with E-state index in [4.69, 9.17) is 0 Å². The summed E-state index contributed by atoms with van der Waals surface area (Å²) in [6.45, 7) is 11.8. The first-order valence-corrected chi connectivity index (χ1v) is 8.20. The molecule has 2 aliphatic heterocycles. The molecule has 4 nitrogen and oxygen atoms in total. The fraction of sp³-hybridized carbons (Fsp3) is 0.588. The number of nitrogens with zero attached hydrogens (tertiary/aromatic N) is 4. The number of hydrogen-bond acceptors (Lipinski definition) is 4. The summed E-state index contributed by atoms with van der Waals surface area (Å²) in [6, 6.07) is 2.89. The zero-order valence-electron chi connectivity index (χ0n) is 13.3. The molecule has 2 fully saturated rings. The smallest absolute Gasteiger partial charge is 0.153 e. The van der Waals surface area contributed by atoms with E-state index in [0.717, 1.165) is 49.7 Å². The summed E-state index contributed by atoms with van der Waals surface area (Å²) >= 11 is 0. The molecule has 3 aliphatic rings. The Labute approximate surface area is 131 Å². The summed E-state index contributed by atoms with van der Waals surface area (Å²) in [5.74, 6) is 0.658. The highest BCUT2D eigenvalue weighted by molar-refractivity contribution is 5.76. The van der Waals surface area contributed by atoms with E-state index in [-0.39, 0.29) is 11.9 Å². The lowest BCUT2D eigenvalue weighted by Crippen LogP contribution is -2.60. The lowest BCUT2D eigenvalue weighted by Gasteiger charge is -2.50. The molecule has 0 radical (unpaired) electrons. The molecule has 1 aromatic rings. The first kappa shape index (κ1) is 14.0. The monoisotopic (exact) mass is 302 g/mol. The molecule has 22 heavy (non-hydrogen) atoms. The zero-order chi connectivity index (χ0) is 15.4. The van der Waals surface area contributed by atoms with Crippen molar-refractivity contribution in [3.05, 3.63) is 30.4 Å². The molecule has 1 unspecified atom stereocenters. The Morgan fingerprint density at radius 2 is 2.09 bits per heavy atom. The zero-order valence-corrected chi connectivity index (χ0v) is 13.3. The largest absolute Gasteiger partial charge is 0.344 e. The number of pyridine rings is 1. The van der Waals surface area contributed by atoms with Crippen LogP contribution >= 0.6 is 0 Å². The minimum absolute atomic E-state index is 0.252. The quantitative estimate of drug-likeness (QED) is 0.837. The van der Waals surface area contributed by atoms with E-state index in [0.29, 0.717) is 12.1 Å². The van der Waals surface area contributed by atoms with Crippen LogP contribution in [0, 0.1) is 5.82 Å². The van der Waals surface area contributed by atoms with E-state index >= 15 is 0 Å². The van der Waals surface area contributed by atoms with Crippen molar-refractivity contribution >= 4 is 11.5 Å². The Morgan fingerprint density at radius 1 is 1.32 bits per heavy atom. The third-order valence-corrected chi connectivity index (χ3v) is 5.09. The van der Waals surface area contributed by atoms with E-state index in [1.165, 1.54) is 6.20 Å². The first-order chi connectivity index (χ1) is 10.6. The molecule has 118 valence electrons. The topological polar surface area (TPSA) is 22.6 Å². The van der Waals surface area contributed by atoms with Crippen molar-refractivity contribution < 1.29 is 4.39 Å². The molecule has 5 heteroatoms. The number of hydrogen-bond donors (Lipinski definition) is 0. The predicted octanol–water partition coefficient (Wildman–Crippen LogP) is 2.62. The second-order valence-electron chi connectivity index (χ2n) is 6.89. The Balaban J connectivity index is 1.75. The highest BCUT2D eigenvalue weighted by Gasteiger charge is 2.43. The van der Waals surface area contributed by atoms with Crippen LogP contribution in [0.3, 0.4) is 0 Å². The Morgan fingerprint density at radius 3 is 2.77 bits per heavy atom. The van der Waals surface area contributed by atoms with Crippen LogP contribution in [0.4, 0.5) is 15.9 Å². The molecule has 0 amide bonds. The molecule has 0 aromatic carbocycles. The highest BCUT2D eigenvalue weighted by Crippen LogP contribution is 2.45. The Bertz CT molecular complexity index is 611. The van der Waals surface area contributed by atoms with Crippen LogP contribution in [-0.4, -0.2) is 47.6 Å². The van der Waals surface area contributed by atoms with Gasteiger partial charge in [-0.05, 0) is 26.7 Å². The van der Waals surface area contributed by atoms with Crippen LogP contribution in [0.2, 0.25) is 0 Å². The highest BCUT2D eigenvalue weighted by atomic mass is 19.1. The minimum atomic E-state index is -0.267. The van der Waals surface area contributed by atoms with Crippen molar-refractivity contribution in [1.29, 1.82) is 0 Å². The van der Waals surface area contributed by atoms with Gasteiger partial charge in [0.1, 0.15) is 5.82 Å². The average Bonchev–Trinajstić information content (AvgIpc) is 3.31. The Hall–Kier alpha value is -1.62. The minimum Gasteiger partial charge on any atom is -0.344 e. The van der Waals surface area contributed by atoms with Crippen LogP contribution in [0.1, 0.15) is 26.7 Å². The molecule has 4 rings (SSSR count). The van der Waals surface area contributed by atoms with Crippen molar-refractivity contribution in [2.45, 2.75) is 44.8 Å². The molecule has 1 aliphatic carbocycles. The molecular formula is C17H23FN4. The number of piperazine rings is 1.